The number of aryl methyl sites for hydroxylation is 1. The van der Waals surface area contributed by atoms with Gasteiger partial charge in [0.1, 0.15) is 23.6 Å². The van der Waals surface area contributed by atoms with Gasteiger partial charge in [0.15, 0.2) is 5.58 Å². The van der Waals surface area contributed by atoms with E-state index >= 15 is 0 Å². The molecule has 3 aliphatic heterocycles. The van der Waals surface area contributed by atoms with Crippen LogP contribution in [0.4, 0.5) is 14.5 Å². The van der Waals surface area contributed by atoms with Gasteiger partial charge in [-0.3, -0.25) is 9.36 Å². The number of hydrogen-bond donors (Lipinski definition) is 2. The molecule has 0 radical (unpaired) electrons. The number of aliphatic hydroxyl groups is 1. The molecule has 12 heteroatoms. The van der Waals surface area contributed by atoms with Gasteiger partial charge in [0.2, 0.25) is 0 Å². The highest BCUT2D eigenvalue weighted by Crippen LogP contribution is 2.36. The summed E-state index contributed by atoms with van der Waals surface area (Å²) in [5.41, 5.74) is 4.62. The third-order valence-electron chi connectivity index (χ3n) is 10.3. The Labute approximate surface area is 271 Å². The van der Waals surface area contributed by atoms with Gasteiger partial charge in [0.05, 0.1) is 11.4 Å². The highest BCUT2D eigenvalue weighted by molar-refractivity contribution is 6.06. The largest absolute Gasteiger partial charge is 0.411 e. The van der Waals surface area contributed by atoms with E-state index < -0.39 is 6.10 Å². The van der Waals surface area contributed by atoms with E-state index in [4.69, 9.17) is 4.52 Å². The van der Waals surface area contributed by atoms with Crippen LogP contribution in [-0.2, 0) is 13.0 Å². The second-order valence-corrected chi connectivity index (χ2v) is 13.1. The molecule has 2 fully saturated rings. The molecule has 0 aliphatic carbocycles. The Morgan fingerprint density at radius 2 is 1.74 bits per heavy atom. The van der Waals surface area contributed by atoms with Crippen molar-refractivity contribution in [2.45, 2.75) is 70.4 Å². The Morgan fingerprint density at radius 3 is 2.51 bits per heavy atom. The van der Waals surface area contributed by atoms with E-state index in [0.717, 1.165) is 61.8 Å². The lowest BCUT2D eigenvalue weighted by molar-refractivity contribution is 0.129. The molecule has 4 aromatic rings. The first-order valence-electron chi connectivity index (χ1n) is 16.6. The van der Waals surface area contributed by atoms with Crippen LogP contribution in [0.1, 0.15) is 78.9 Å². The molecule has 0 saturated carbocycles. The van der Waals surface area contributed by atoms with E-state index in [1.807, 2.05) is 6.92 Å². The van der Waals surface area contributed by atoms with Crippen molar-refractivity contribution in [3.8, 4) is 0 Å². The minimum atomic E-state index is -0.688. The number of hydrogen-bond acceptors (Lipinski definition) is 9. The smallest absolute Gasteiger partial charge is 0.257 e. The van der Waals surface area contributed by atoms with E-state index in [-0.39, 0.29) is 29.0 Å². The van der Waals surface area contributed by atoms with Gasteiger partial charge < -0.3 is 24.6 Å². The first-order chi connectivity index (χ1) is 22.8. The predicted octanol–water partition coefficient (Wildman–Crippen LogP) is 5.32. The van der Waals surface area contributed by atoms with Crippen molar-refractivity contribution in [1.82, 2.24) is 19.6 Å². The molecule has 0 spiro atoms. The number of aliphatic hydroxyl groups excluding tert-OH is 1. The lowest BCUT2D eigenvalue weighted by Crippen LogP contribution is -2.40. The maximum Gasteiger partial charge on any atom is 0.257 e. The Bertz CT molecular complexity index is 1860. The molecule has 2 saturated heterocycles. The second kappa shape index (κ2) is 13.2. The molecule has 2 N–H and O–H groups in total. The van der Waals surface area contributed by atoms with Gasteiger partial charge in [-0.15, -0.1) is 0 Å². The van der Waals surface area contributed by atoms with Gasteiger partial charge in [-0.1, -0.05) is 10.3 Å². The van der Waals surface area contributed by atoms with E-state index in [9.17, 15) is 23.9 Å². The third kappa shape index (κ3) is 6.16. The summed E-state index contributed by atoms with van der Waals surface area (Å²) in [6.07, 6.45) is 4.35. The van der Waals surface area contributed by atoms with Crippen LogP contribution < -0.4 is 10.5 Å². The summed E-state index contributed by atoms with van der Waals surface area (Å²) in [4.78, 5) is 22.3. The molecule has 0 amide bonds. The van der Waals surface area contributed by atoms with Gasteiger partial charge >= 0.3 is 0 Å². The van der Waals surface area contributed by atoms with Gasteiger partial charge in [-0.25, -0.2) is 13.8 Å². The highest BCUT2D eigenvalue weighted by Gasteiger charge is 2.31. The predicted molar refractivity (Wildman–Crippen MR) is 173 cm³/mol. The van der Waals surface area contributed by atoms with Gasteiger partial charge in [0, 0.05) is 72.0 Å². The van der Waals surface area contributed by atoms with Crippen molar-refractivity contribution in [1.29, 1.82) is 0 Å². The van der Waals surface area contributed by atoms with Crippen molar-refractivity contribution >= 4 is 22.4 Å². The van der Waals surface area contributed by atoms with Crippen LogP contribution in [0.2, 0.25) is 0 Å². The molecule has 47 heavy (non-hydrogen) atoms. The summed E-state index contributed by atoms with van der Waals surface area (Å²) in [5.74, 6) is -0.101. The average Bonchev–Trinajstić information content (AvgIpc) is 3.50. The summed E-state index contributed by atoms with van der Waals surface area (Å²) >= 11 is 0. The molecule has 1 unspecified atom stereocenters. The molecule has 0 bridgehead atoms. The number of halogens is 2. The fraction of sp³-hybridized carbons (Fsp3) is 0.486. The number of aromatic nitrogens is 3. The zero-order valence-electron chi connectivity index (χ0n) is 26.5. The van der Waals surface area contributed by atoms with E-state index in [1.165, 1.54) is 24.3 Å². The molecule has 2 aromatic heterocycles. The number of piperidine rings is 2. The quantitative estimate of drug-likeness (QED) is 0.157. The minimum absolute atomic E-state index is 0.000787. The Balaban J connectivity index is 1.00. The topological polar surface area (TPSA) is 120 Å². The van der Waals surface area contributed by atoms with Crippen LogP contribution >= 0.6 is 0 Å². The maximum absolute atomic E-state index is 14.6. The molecule has 1 atom stereocenters. The molecular formula is C35H40F2N6O4. The summed E-state index contributed by atoms with van der Waals surface area (Å²) in [5, 5.41) is 29.4. The van der Waals surface area contributed by atoms with Crippen LogP contribution in [0.3, 0.4) is 0 Å². The second-order valence-electron chi connectivity index (χ2n) is 13.1. The SMILES string of the molecule is Cc1nc2n(c(=O)c1CCN1CCC(/C(=N\O)c3ccc(F)cc3N3CCC(c4noc5cc(F)ccc45)CC3)CC1)CCCC2O. The third-order valence-corrected chi connectivity index (χ3v) is 10.3. The number of anilines is 1. The van der Waals surface area contributed by atoms with E-state index in [1.54, 1.807) is 16.7 Å². The van der Waals surface area contributed by atoms with Crippen molar-refractivity contribution in [3.05, 3.63) is 86.7 Å². The Kier molecular flexibility index (Phi) is 8.80. The normalized spacial score (nSPS) is 20.2. The number of fused-ring (bicyclic) bond motifs is 2. The molecule has 3 aliphatic rings. The molecule has 7 rings (SSSR count). The van der Waals surface area contributed by atoms with Gasteiger partial charge in [0.25, 0.3) is 5.56 Å². The minimum Gasteiger partial charge on any atom is -0.411 e. The van der Waals surface area contributed by atoms with Crippen molar-refractivity contribution in [2.24, 2.45) is 11.1 Å². The number of rotatable bonds is 7. The number of nitrogens with zero attached hydrogens (tertiary/aromatic N) is 6. The molecule has 248 valence electrons. The summed E-state index contributed by atoms with van der Waals surface area (Å²) in [7, 11) is 0. The fourth-order valence-corrected chi connectivity index (χ4v) is 7.71. The zero-order valence-corrected chi connectivity index (χ0v) is 26.5. The molecule has 2 aromatic carbocycles. The van der Waals surface area contributed by atoms with E-state index in [0.29, 0.717) is 73.1 Å². The number of oxime groups is 1. The Morgan fingerprint density at radius 1 is 1.00 bits per heavy atom. The molecular weight excluding hydrogens is 606 g/mol. The van der Waals surface area contributed by atoms with Crippen molar-refractivity contribution in [3.63, 3.8) is 0 Å². The zero-order chi connectivity index (χ0) is 32.7. The summed E-state index contributed by atoms with van der Waals surface area (Å²) in [6, 6.07) is 9.13. The monoisotopic (exact) mass is 646 g/mol. The van der Waals surface area contributed by atoms with Crippen LogP contribution in [0.15, 0.2) is 50.9 Å². The van der Waals surface area contributed by atoms with E-state index in [2.05, 4.69) is 25.1 Å². The first kappa shape index (κ1) is 31.4. The molecule has 10 nitrogen and oxygen atoms in total. The maximum atomic E-state index is 14.6. The van der Waals surface area contributed by atoms with Crippen LogP contribution in [0, 0.1) is 24.5 Å². The van der Waals surface area contributed by atoms with Crippen LogP contribution in [0.5, 0.6) is 0 Å². The lowest BCUT2D eigenvalue weighted by Gasteiger charge is -2.36. The van der Waals surface area contributed by atoms with Crippen LogP contribution in [-0.4, -0.2) is 68.4 Å². The van der Waals surface area contributed by atoms with Crippen molar-refractivity contribution in [2.75, 3.05) is 37.6 Å². The first-order valence-corrected chi connectivity index (χ1v) is 16.6. The fourth-order valence-electron chi connectivity index (χ4n) is 7.71. The van der Waals surface area contributed by atoms with Crippen LogP contribution in [0.25, 0.3) is 11.0 Å². The highest BCUT2D eigenvalue weighted by atomic mass is 19.1. The molecule has 5 heterocycles. The standard InChI is InChI=1S/C35H40F2N6O4/c1-21-26(35(45)43-13-2-3-30(44)34(43)38-21)12-16-41-14-8-22(9-15-41)32(39-46)27-6-4-24(36)19-29(27)42-17-10-23(11-18-42)33-28-7-5-25(37)20-31(28)47-40-33/h4-7,19-20,22-23,30,44,46H,2-3,8-18H2,1H3/b39-32+. The van der Waals surface area contributed by atoms with Gasteiger partial charge in [-0.05, 0) is 95.3 Å². The van der Waals surface area contributed by atoms with Crippen molar-refractivity contribution < 1.29 is 23.6 Å². The summed E-state index contributed by atoms with van der Waals surface area (Å²) < 4.78 is 35.3. The number of benzene rings is 2. The average molecular weight is 647 g/mol. The Hall–Kier alpha value is -4.16. The summed E-state index contributed by atoms with van der Waals surface area (Å²) in [6.45, 7) is 6.01. The number of likely N-dealkylation sites (tertiary alicyclic amines) is 1. The van der Waals surface area contributed by atoms with Gasteiger partial charge in [-0.2, -0.15) is 0 Å². The lowest BCUT2D eigenvalue weighted by atomic mass is 9.86.